The molecule has 0 radical (unpaired) electrons. The van der Waals surface area contributed by atoms with Crippen molar-refractivity contribution >= 4 is 17.8 Å². The maximum atomic E-state index is 12.8. The van der Waals surface area contributed by atoms with Crippen molar-refractivity contribution in [3.8, 4) is 0 Å². The number of halogens is 1. The Morgan fingerprint density at radius 2 is 2.05 bits per heavy atom. The molecule has 1 aliphatic rings. The maximum absolute atomic E-state index is 12.8. The highest BCUT2D eigenvalue weighted by molar-refractivity contribution is 5.92. The van der Waals surface area contributed by atoms with Gasteiger partial charge in [-0.05, 0) is 24.1 Å². The molecule has 0 aliphatic carbocycles. The second-order valence-electron chi connectivity index (χ2n) is 4.89. The van der Waals surface area contributed by atoms with E-state index in [9.17, 15) is 18.8 Å². The van der Waals surface area contributed by atoms with Gasteiger partial charge in [0.05, 0.1) is 0 Å². The first kappa shape index (κ1) is 15.0. The van der Waals surface area contributed by atoms with E-state index in [0.717, 1.165) is 0 Å². The predicted molar refractivity (Wildman–Crippen MR) is 70.8 cm³/mol. The summed E-state index contributed by atoms with van der Waals surface area (Å²) in [7, 11) is 0. The van der Waals surface area contributed by atoms with Gasteiger partial charge in [-0.15, -0.1) is 0 Å². The molecule has 0 aromatic heterocycles. The van der Waals surface area contributed by atoms with Crippen molar-refractivity contribution in [2.45, 2.75) is 31.3 Å². The van der Waals surface area contributed by atoms with Gasteiger partial charge in [-0.1, -0.05) is 12.1 Å². The number of benzene rings is 1. The molecule has 0 bridgehead atoms. The summed E-state index contributed by atoms with van der Waals surface area (Å²) in [4.78, 5) is 34.2. The molecule has 3 N–H and O–H groups in total. The molecule has 1 aromatic carbocycles. The van der Waals surface area contributed by atoms with E-state index in [1.807, 2.05) is 0 Å². The number of carbonyl (C=O) groups is 3. The van der Waals surface area contributed by atoms with Crippen molar-refractivity contribution < 1.29 is 23.9 Å². The molecule has 2 amide bonds. The Morgan fingerprint density at radius 1 is 1.38 bits per heavy atom. The minimum Gasteiger partial charge on any atom is -0.480 e. The number of carbonyl (C=O) groups excluding carboxylic acids is 2. The Labute approximate surface area is 120 Å². The van der Waals surface area contributed by atoms with E-state index in [0.29, 0.717) is 12.0 Å². The van der Waals surface area contributed by atoms with E-state index in [2.05, 4.69) is 10.6 Å². The molecule has 1 fully saturated rings. The average Bonchev–Trinajstić information content (AvgIpc) is 2.87. The van der Waals surface area contributed by atoms with Crippen LogP contribution in [0.2, 0.25) is 0 Å². The molecular formula is C14H15FN2O4. The van der Waals surface area contributed by atoms with Crippen molar-refractivity contribution in [2.75, 3.05) is 0 Å². The second kappa shape index (κ2) is 6.34. The number of aliphatic carboxylic acids is 1. The first-order chi connectivity index (χ1) is 9.95. The fraction of sp³-hybridized carbons (Fsp3) is 0.357. The Balaban J connectivity index is 1.99. The SMILES string of the molecule is O=C1CC[C@@H](C(=O)N[C@@H](Cc2ccc(F)cc2)C(=O)O)N1. The number of carboxylic acids is 1. The maximum Gasteiger partial charge on any atom is 0.326 e. The lowest BCUT2D eigenvalue weighted by Gasteiger charge is -2.17. The predicted octanol–water partition coefficient (Wildman–Crippen LogP) is 0.216. The van der Waals surface area contributed by atoms with E-state index < -0.39 is 29.8 Å². The molecule has 112 valence electrons. The number of carboxylic acid groups (broad SMARTS) is 1. The number of amides is 2. The standard InChI is InChI=1S/C14H15FN2O4/c15-9-3-1-8(2-4-9)7-11(14(20)21)17-13(19)10-5-6-12(18)16-10/h1-4,10-11H,5-7H2,(H,16,18)(H,17,19)(H,20,21)/t10-,11-/m0/s1. The van der Waals surface area contributed by atoms with Crippen LogP contribution in [-0.4, -0.2) is 35.0 Å². The van der Waals surface area contributed by atoms with Gasteiger partial charge in [0.25, 0.3) is 0 Å². The number of hydrogen-bond acceptors (Lipinski definition) is 3. The van der Waals surface area contributed by atoms with Crippen LogP contribution < -0.4 is 10.6 Å². The Bertz CT molecular complexity index is 559. The van der Waals surface area contributed by atoms with Crippen LogP contribution in [-0.2, 0) is 20.8 Å². The highest BCUT2D eigenvalue weighted by atomic mass is 19.1. The smallest absolute Gasteiger partial charge is 0.326 e. The molecular weight excluding hydrogens is 279 g/mol. The number of rotatable bonds is 5. The van der Waals surface area contributed by atoms with Crippen LogP contribution in [0.1, 0.15) is 18.4 Å². The zero-order chi connectivity index (χ0) is 15.4. The summed E-state index contributed by atoms with van der Waals surface area (Å²) in [6, 6.07) is 3.58. The highest BCUT2D eigenvalue weighted by Crippen LogP contribution is 2.09. The molecule has 2 atom stereocenters. The zero-order valence-electron chi connectivity index (χ0n) is 11.1. The van der Waals surface area contributed by atoms with Crippen LogP contribution in [0, 0.1) is 5.82 Å². The third-order valence-electron chi connectivity index (χ3n) is 3.28. The van der Waals surface area contributed by atoms with E-state index in [1.54, 1.807) is 0 Å². The quantitative estimate of drug-likeness (QED) is 0.723. The Kier molecular flexibility index (Phi) is 4.52. The lowest BCUT2D eigenvalue weighted by atomic mass is 10.1. The summed E-state index contributed by atoms with van der Waals surface area (Å²) < 4.78 is 12.8. The topological polar surface area (TPSA) is 95.5 Å². The molecule has 0 saturated carbocycles. The number of hydrogen-bond donors (Lipinski definition) is 3. The normalized spacial score (nSPS) is 18.9. The average molecular weight is 294 g/mol. The summed E-state index contributed by atoms with van der Waals surface area (Å²) in [6.07, 6.45) is 0.656. The minimum absolute atomic E-state index is 0.0437. The van der Waals surface area contributed by atoms with Crippen LogP contribution in [0.3, 0.4) is 0 Å². The molecule has 6 nitrogen and oxygen atoms in total. The van der Waals surface area contributed by atoms with Crippen molar-refractivity contribution in [2.24, 2.45) is 0 Å². The van der Waals surface area contributed by atoms with Crippen LogP contribution in [0.4, 0.5) is 4.39 Å². The second-order valence-corrected chi connectivity index (χ2v) is 4.89. The Hall–Kier alpha value is -2.44. The van der Waals surface area contributed by atoms with Gasteiger partial charge >= 0.3 is 5.97 Å². The molecule has 1 heterocycles. The van der Waals surface area contributed by atoms with Gasteiger partial charge < -0.3 is 15.7 Å². The monoisotopic (exact) mass is 294 g/mol. The van der Waals surface area contributed by atoms with E-state index in [1.165, 1.54) is 24.3 Å². The van der Waals surface area contributed by atoms with Gasteiger partial charge in [-0.25, -0.2) is 9.18 Å². The third kappa shape index (κ3) is 4.01. The van der Waals surface area contributed by atoms with Crippen molar-refractivity contribution in [1.29, 1.82) is 0 Å². The first-order valence-corrected chi connectivity index (χ1v) is 6.52. The third-order valence-corrected chi connectivity index (χ3v) is 3.28. The van der Waals surface area contributed by atoms with E-state index >= 15 is 0 Å². The Morgan fingerprint density at radius 3 is 2.57 bits per heavy atom. The first-order valence-electron chi connectivity index (χ1n) is 6.52. The lowest BCUT2D eigenvalue weighted by molar-refractivity contribution is -0.142. The van der Waals surface area contributed by atoms with Crippen molar-refractivity contribution in [3.05, 3.63) is 35.6 Å². The fourth-order valence-corrected chi connectivity index (χ4v) is 2.14. The summed E-state index contributed by atoms with van der Waals surface area (Å²) >= 11 is 0. The van der Waals surface area contributed by atoms with E-state index in [-0.39, 0.29) is 18.7 Å². The van der Waals surface area contributed by atoms with Gasteiger partial charge in [0.15, 0.2) is 0 Å². The van der Waals surface area contributed by atoms with Gasteiger partial charge in [0.2, 0.25) is 11.8 Å². The summed E-state index contributed by atoms with van der Waals surface area (Å²) in [5, 5.41) is 14.0. The van der Waals surface area contributed by atoms with Gasteiger partial charge in [-0.2, -0.15) is 0 Å². The zero-order valence-corrected chi connectivity index (χ0v) is 11.1. The molecule has 0 unspecified atom stereocenters. The summed E-state index contributed by atoms with van der Waals surface area (Å²) in [6.45, 7) is 0. The summed E-state index contributed by atoms with van der Waals surface area (Å²) in [5.41, 5.74) is 0.597. The molecule has 1 aliphatic heterocycles. The molecule has 7 heteroatoms. The molecule has 2 rings (SSSR count). The fourth-order valence-electron chi connectivity index (χ4n) is 2.14. The van der Waals surface area contributed by atoms with Crippen LogP contribution >= 0.6 is 0 Å². The van der Waals surface area contributed by atoms with Crippen molar-refractivity contribution in [3.63, 3.8) is 0 Å². The lowest BCUT2D eigenvalue weighted by Crippen LogP contribution is -2.49. The molecule has 0 spiro atoms. The largest absolute Gasteiger partial charge is 0.480 e. The van der Waals surface area contributed by atoms with Gasteiger partial charge in [0, 0.05) is 12.8 Å². The van der Waals surface area contributed by atoms with Crippen LogP contribution in [0.25, 0.3) is 0 Å². The molecule has 1 aromatic rings. The molecule has 21 heavy (non-hydrogen) atoms. The van der Waals surface area contributed by atoms with Crippen molar-refractivity contribution in [1.82, 2.24) is 10.6 Å². The van der Waals surface area contributed by atoms with Crippen LogP contribution in [0.5, 0.6) is 0 Å². The number of nitrogens with one attached hydrogen (secondary N) is 2. The van der Waals surface area contributed by atoms with Crippen LogP contribution in [0.15, 0.2) is 24.3 Å². The summed E-state index contributed by atoms with van der Waals surface area (Å²) in [5.74, 6) is -2.34. The highest BCUT2D eigenvalue weighted by Gasteiger charge is 2.30. The van der Waals surface area contributed by atoms with Gasteiger partial charge in [-0.3, -0.25) is 9.59 Å². The van der Waals surface area contributed by atoms with E-state index in [4.69, 9.17) is 5.11 Å². The molecule has 1 saturated heterocycles. The van der Waals surface area contributed by atoms with Gasteiger partial charge in [0.1, 0.15) is 17.9 Å². The minimum atomic E-state index is -1.18.